The van der Waals surface area contributed by atoms with Gasteiger partial charge in [-0.3, -0.25) is 0 Å². The van der Waals surface area contributed by atoms with Gasteiger partial charge >= 0.3 is 6.18 Å². The van der Waals surface area contributed by atoms with E-state index in [0.29, 0.717) is 0 Å². The van der Waals surface area contributed by atoms with E-state index in [1.54, 1.807) is 14.1 Å². The summed E-state index contributed by atoms with van der Waals surface area (Å²) in [5, 5.41) is 0. The smallest absolute Gasteiger partial charge is 0.436 e. The van der Waals surface area contributed by atoms with E-state index in [1.165, 1.54) is 11.0 Å². The molecule has 0 radical (unpaired) electrons. The largest absolute Gasteiger partial charge is 0.449 e. The van der Waals surface area contributed by atoms with Crippen LogP contribution in [-0.4, -0.2) is 14.1 Å². The van der Waals surface area contributed by atoms with Gasteiger partial charge in [0.25, 0.3) is 0 Å². The minimum Gasteiger partial charge on any atom is -0.436 e. The lowest BCUT2D eigenvalue weighted by Gasteiger charge is -2.07. The highest BCUT2D eigenvalue weighted by Crippen LogP contribution is 2.32. The fourth-order valence-electron chi connectivity index (χ4n) is 0.720. The Hall–Kier alpha value is -1.13. The van der Waals surface area contributed by atoms with E-state index in [2.05, 4.69) is 4.42 Å². The van der Waals surface area contributed by atoms with Crippen LogP contribution in [0.25, 0.3) is 0 Å². The van der Waals surface area contributed by atoms with Crippen molar-refractivity contribution in [2.45, 2.75) is 6.18 Å². The second kappa shape index (κ2) is 2.73. The van der Waals surface area contributed by atoms with Gasteiger partial charge in [0.2, 0.25) is 5.76 Å². The van der Waals surface area contributed by atoms with Crippen molar-refractivity contribution in [1.82, 2.24) is 0 Å². The molecular weight excluding hydrogens is 171 g/mol. The van der Waals surface area contributed by atoms with Crippen LogP contribution in [0.2, 0.25) is 0 Å². The summed E-state index contributed by atoms with van der Waals surface area (Å²) in [7, 11) is 3.22. The molecule has 0 bridgehead atoms. The molecule has 0 aromatic carbocycles. The van der Waals surface area contributed by atoms with E-state index in [9.17, 15) is 13.2 Å². The maximum atomic E-state index is 12.0. The van der Waals surface area contributed by atoms with Crippen molar-refractivity contribution in [1.29, 1.82) is 0 Å². The highest BCUT2D eigenvalue weighted by atomic mass is 19.4. The van der Waals surface area contributed by atoms with Gasteiger partial charge in [-0.25, -0.2) is 0 Å². The van der Waals surface area contributed by atoms with Crippen LogP contribution in [-0.2, 0) is 6.18 Å². The Morgan fingerprint density at radius 2 is 1.83 bits per heavy atom. The third kappa shape index (κ3) is 1.72. The fraction of sp³-hybridized carbons (Fsp3) is 0.429. The fourth-order valence-corrected chi connectivity index (χ4v) is 0.720. The van der Waals surface area contributed by atoms with E-state index >= 15 is 0 Å². The van der Waals surface area contributed by atoms with Gasteiger partial charge in [0, 0.05) is 20.2 Å². The van der Waals surface area contributed by atoms with Crippen LogP contribution < -0.4 is 4.90 Å². The Balaban J connectivity index is 2.92. The van der Waals surface area contributed by atoms with Crippen molar-refractivity contribution in [3.63, 3.8) is 0 Å². The molecule has 1 heterocycles. The molecular formula is C7H8F3NO. The second-order valence-corrected chi connectivity index (χ2v) is 2.53. The van der Waals surface area contributed by atoms with Crippen LogP contribution in [0.3, 0.4) is 0 Å². The zero-order valence-electron chi connectivity index (χ0n) is 6.64. The molecule has 0 aliphatic carbocycles. The SMILES string of the molecule is CN(C)c1ccc(C(F)(F)F)o1. The number of furan rings is 1. The summed E-state index contributed by atoms with van der Waals surface area (Å²) in [5.41, 5.74) is 0. The molecule has 0 saturated heterocycles. The van der Waals surface area contributed by atoms with Gasteiger partial charge in [0.05, 0.1) is 0 Å². The molecule has 1 aromatic heterocycles. The number of alkyl halides is 3. The van der Waals surface area contributed by atoms with E-state index in [1.807, 2.05) is 0 Å². The zero-order chi connectivity index (χ0) is 9.35. The quantitative estimate of drug-likeness (QED) is 0.658. The number of hydrogen-bond donors (Lipinski definition) is 0. The maximum Gasteiger partial charge on any atom is 0.449 e. The van der Waals surface area contributed by atoms with Gasteiger partial charge in [-0.1, -0.05) is 0 Å². The van der Waals surface area contributed by atoms with Crippen LogP contribution in [0.5, 0.6) is 0 Å². The summed E-state index contributed by atoms with van der Waals surface area (Å²) in [5.74, 6) is -0.770. The number of nitrogens with zero attached hydrogens (tertiary/aromatic N) is 1. The molecule has 0 N–H and O–H groups in total. The lowest BCUT2D eigenvalue weighted by atomic mass is 10.4. The van der Waals surface area contributed by atoms with Crippen molar-refractivity contribution in [2.24, 2.45) is 0 Å². The molecule has 68 valence electrons. The Bertz CT molecular complexity index is 264. The normalized spacial score (nSPS) is 11.8. The number of halogens is 3. The molecule has 0 spiro atoms. The predicted molar refractivity (Wildman–Crippen MR) is 38.0 cm³/mol. The highest BCUT2D eigenvalue weighted by molar-refractivity contribution is 5.34. The Kier molecular flexibility index (Phi) is 2.04. The first kappa shape index (κ1) is 8.96. The molecule has 1 rings (SSSR count). The lowest BCUT2D eigenvalue weighted by molar-refractivity contribution is -0.152. The van der Waals surface area contributed by atoms with Gasteiger partial charge in [-0.15, -0.1) is 0 Å². The van der Waals surface area contributed by atoms with Crippen LogP contribution in [0.1, 0.15) is 5.76 Å². The van der Waals surface area contributed by atoms with Gasteiger partial charge in [-0.05, 0) is 6.07 Å². The number of anilines is 1. The summed E-state index contributed by atoms with van der Waals surface area (Å²) in [6, 6.07) is 2.19. The monoisotopic (exact) mass is 179 g/mol. The average molecular weight is 179 g/mol. The van der Waals surface area contributed by atoms with E-state index in [-0.39, 0.29) is 5.88 Å². The maximum absolute atomic E-state index is 12.0. The van der Waals surface area contributed by atoms with Crippen molar-refractivity contribution in [3.05, 3.63) is 17.9 Å². The Morgan fingerprint density at radius 3 is 2.08 bits per heavy atom. The first-order valence-corrected chi connectivity index (χ1v) is 3.25. The molecule has 0 aliphatic heterocycles. The summed E-state index contributed by atoms with van der Waals surface area (Å²) >= 11 is 0. The molecule has 0 saturated carbocycles. The van der Waals surface area contributed by atoms with Crippen LogP contribution in [0.4, 0.5) is 19.1 Å². The molecule has 0 amide bonds. The number of rotatable bonds is 1. The standard InChI is InChI=1S/C7H8F3NO/c1-11(2)6-4-3-5(12-6)7(8,9)10/h3-4H,1-2H3. The molecule has 12 heavy (non-hydrogen) atoms. The van der Waals surface area contributed by atoms with E-state index in [4.69, 9.17) is 0 Å². The van der Waals surface area contributed by atoms with Gasteiger partial charge < -0.3 is 9.32 Å². The summed E-state index contributed by atoms with van der Waals surface area (Å²) < 4.78 is 40.4. The first-order valence-electron chi connectivity index (χ1n) is 3.25. The minimum atomic E-state index is -4.39. The summed E-state index contributed by atoms with van der Waals surface area (Å²) in [6.45, 7) is 0. The Morgan fingerprint density at radius 1 is 1.25 bits per heavy atom. The van der Waals surface area contributed by atoms with Crippen molar-refractivity contribution >= 4 is 5.88 Å². The van der Waals surface area contributed by atoms with E-state index < -0.39 is 11.9 Å². The zero-order valence-corrected chi connectivity index (χ0v) is 6.64. The first-order chi connectivity index (χ1) is 5.41. The highest BCUT2D eigenvalue weighted by Gasteiger charge is 2.34. The van der Waals surface area contributed by atoms with Gasteiger partial charge in [-0.2, -0.15) is 13.2 Å². The third-order valence-corrected chi connectivity index (χ3v) is 1.31. The van der Waals surface area contributed by atoms with Gasteiger partial charge in [0.1, 0.15) is 0 Å². The molecule has 1 aromatic rings. The average Bonchev–Trinajstić information content (AvgIpc) is 2.30. The van der Waals surface area contributed by atoms with Crippen molar-refractivity contribution in [2.75, 3.05) is 19.0 Å². The summed E-state index contributed by atoms with van der Waals surface area (Å²) in [6.07, 6.45) is -4.39. The third-order valence-electron chi connectivity index (χ3n) is 1.31. The second-order valence-electron chi connectivity index (χ2n) is 2.53. The molecule has 0 unspecified atom stereocenters. The molecule has 2 nitrogen and oxygen atoms in total. The summed E-state index contributed by atoms with van der Waals surface area (Å²) in [4.78, 5) is 1.47. The van der Waals surface area contributed by atoms with Crippen LogP contribution in [0.15, 0.2) is 16.5 Å². The van der Waals surface area contributed by atoms with Crippen LogP contribution in [0, 0.1) is 0 Å². The van der Waals surface area contributed by atoms with E-state index in [0.717, 1.165) is 6.07 Å². The van der Waals surface area contributed by atoms with Crippen LogP contribution >= 0.6 is 0 Å². The lowest BCUT2D eigenvalue weighted by Crippen LogP contribution is -2.07. The number of hydrogen-bond acceptors (Lipinski definition) is 2. The molecule has 0 aliphatic rings. The molecule has 0 fully saturated rings. The van der Waals surface area contributed by atoms with Crippen molar-refractivity contribution in [3.8, 4) is 0 Å². The predicted octanol–water partition coefficient (Wildman–Crippen LogP) is 2.36. The molecule has 5 heteroatoms. The van der Waals surface area contributed by atoms with Gasteiger partial charge in [0.15, 0.2) is 5.88 Å². The minimum absolute atomic E-state index is 0.197. The molecule has 0 atom stereocenters. The topological polar surface area (TPSA) is 16.4 Å². The van der Waals surface area contributed by atoms with Crippen molar-refractivity contribution < 1.29 is 17.6 Å². The Labute approximate surface area is 67.6 Å².